The third kappa shape index (κ3) is 3.70. The minimum Gasteiger partial charge on any atom is -0.497 e. The highest BCUT2D eigenvalue weighted by atomic mass is 16.5. The van der Waals surface area contributed by atoms with Crippen molar-refractivity contribution in [1.29, 1.82) is 0 Å². The van der Waals surface area contributed by atoms with Gasteiger partial charge in [-0.3, -0.25) is 9.89 Å². The molecule has 3 heterocycles. The smallest absolute Gasteiger partial charge is 0.231 e. The van der Waals surface area contributed by atoms with E-state index < -0.39 is 0 Å². The van der Waals surface area contributed by atoms with Gasteiger partial charge in [-0.1, -0.05) is 6.07 Å². The molecule has 0 saturated carbocycles. The molecule has 0 spiro atoms. The van der Waals surface area contributed by atoms with E-state index in [-0.39, 0.29) is 11.8 Å². The van der Waals surface area contributed by atoms with Crippen LogP contribution in [0.3, 0.4) is 0 Å². The van der Waals surface area contributed by atoms with Gasteiger partial charge >= 0.3 is 0 Å². The van der Waals surface area contributed by atoms with Crippen molar-refractivity contribution in [1.82, 2.24) is 30.8 Å². The van der Waals surface area contributed by atoms with Crippen LogP contribution in [-0.2, 0) is 11.2 Å². The molecule has 0 radical (unpaired) electrons. The number of aromatic nitrogens is 6. The van der Waals surface area contributed by atoms with Crippen molar-refractivity contribution in [2.45, 2.75) is 6.42 Å². The molecule has 0 bridgehead atoms. The number of nitrogens with one attached hydrogen (secondary N) is 3. The predicted octanol–water partition coefficient (Wildman–Crippen LogP) is 2.46. The fourth-order valence-corrected chi connectivity index (χ4v) is 3.60. The lowest BCUT2D eigenvalue weighted by Gasteiger charge is -2.25. The van der Waals surface area contributed by atoms with E-state index in [1.165, 1.54) is 0 Å². The molecule has 1 aliphatic heterocycles. The molecule has 10 nitrogen and oxygen atoms in total. The number of benzene rings is 2. The number of aromatic amines is 2. The average molecular weight is 417 g/mol. The van der Waals surface area contributed by atoms with Gasteiger partial charge in [-0.05, 0) is 53.1 Å². The van der Waals surface area contributed by atoms with Gasteiger partial charge in [-0.15, -0.1) is 10.2 Å². The highest BCUT2D eigenvalue weighted by molar-refractivity contribution is 5.97. The summed E-state index contributed by atoms with van der Waals surface area (Å²) in [5.41, 5.74) is 4.01. The lowest BCUT2D eigenvalue weighted by atomic mass is 9.95. The number of anilines is 1. The van der Waals surface area contributed by atoms with Crippen LogP contribution in [0, 0.1) is 5.92 Å². The number of nitrogens with zero attached hydrogens (tertiary/aromatic N) is 4. The maximum Gasteiger partial charge on any atom is 0.231 e. The zero-order valence-corrected chi connectivity index (χ0v) is 16.6. The van der Waals surface area contributed by atoms with E-state index in [1.54, 1.807) is 19.5 Å². The van der Waals surface area contributed by atoms with Gasteiger partial charge in [-0.25, -0.2) is 0 Å². The van der Waals surface area contributed by atoms with Gasteiger partial charge < -0.3 is 14.8 Å². The van der Waals surface area contributed by atoms with Crippen LogP contribution in [0.15, 0.2) is 48.8 Å². The second-order valence-electron chi connectivity index (χ2n) is 7.16. The molecular formula is C21H19N7O3. The van der Waals surface area contributed by atoms with E-state index in [2.05, 4.69) is 36.1 Å². The molecule has 156 valence electrons. The number of ether oxygens (including phenoxy) is 2. The lowest BCUT2D eigenvalue weighted by Crippen LogP contribution is -2.32. The number of amides is 1. The summed E-state index contributed by atoms with van der Waals surface area (Å²) in [5.74, 6) is 1.41. The van der Waals surface area contributed by atoms with E-state index in [1.807, 2.05) is 36.4 Å². The standard InChI is InChI=1S/C21H19N7O3/c1-30-16-3-5-19-13(7-16)6-14(11-31-19)21(29)24-18-4-2-12(15-9-22-23-10-15)8-17(18)20-25-27-28-26-20/h2-5,7-10,14H,6,11H2,1H3,(H,22,23)(H,24,29)(H,25,26,27,28). The average Bonchev–Trinajstić information content (AvgIpc) is 3.53. The maximum absolute atomic E-state index is 13.1. The second kappa shape index (κ2) is 7.90. The minimum atomic E-state index is -0.341. The molecule has 4 aromatic rings. The second-order valence-corrected chi connectivity index (χ2v) is 7.16. The number of H-pyrrole nitrogens is 2. The summed E-state index contributed by atoms with van der Waals surface area (Å²) in [5, 5.41) is 24.0. The van der Waals surface area contributed by atoms with Crippen molar-refractivity contribution in [2.75, 3.05) is 19.0 Å². The Morgan fingerprint density at radius 3 is 2.94 bits per heavy atom. The monoisotopic (exact) mass is 417 g/mol. The number of methoxy groups -OCH3 is 1. The normalized spacial score (nSPS) is 15.1. The van der Waals surface area contributed by atoms with Crippen LogP contribution in [-0.4, -0.2) is 50.4 Å². The molecule has 31 heavy (non-hydrogen) atoms. The molecule has 1 amide bonds. The SMILES string of the molecule is COc1ccc2c(c1)CC(C(=O)Nc1ccc(-c3cn[nH]c3)cc1-c1nn[nH]n1)CO2. The zero-order chi connectivity index (χ0) is 21.2. The predicted molar refractivity (Wildman–Crippen MR) is 112 cm³/mol. The van der Waals surface area contributed by atoms with Crippen molar-refractivity contribution < 1.29 is 14.3 Å². The topological polar surface area (TPSA) is 131 Å². The van der Waals surface area contributed by atoms with Gasteiger partial charge in [0, 0.05) is 17.3 Å². The van der Waals surface area contributed by atoms with E-state index in [4.69, 9.17) is 9.47 Å². The van der Waals surface area contributed by atoms with Crippen LogP contribution in [0.4, 0.5) is 5.69 Å². The first-order valence-electron chi connectivity index (χ1n) is 9.69. The van der Waals surface area contributed by atoms with Gasteiger partial charge in [-0.2, -0.15) is 10.3 Å². The molecule has 1 atom stereocenters. The first kappa shape index (κ1) is 18.8. The number of rotatable bonds is 5. The zero-order valence-electron chi connectivity index (χ0n) is 16.6. The summed E-state index contributed by atoms with van der Waals surface area (Å²) in [6.07, 6.45) is 4.07. The number of carbonyl (C=O) groups excluding carboxylic acids is 1. The summed E-state index contributed by atoms with van der Waals surface area (Å²) in [6, 6.07) is 11.2. The summed E-state index contributed by atoms with van der Waals surface area (Å²) < 4.78 is 11.1. The third-order valence-electron chi connectivity index (χ3n) is 5.24. The van der Waals surface area contributed by atoms with Gasteiger partial charge in [0.05, 0.1) is 24.9 Å². The van der Waals surface area contributed by atoms with Crippen LogP contribution < -0.4 is 14.8 Å². The first-order chi connectivity index (χ1) is 15.2. The quantitative estimate of drug-likeness (QED) is 0.455. The van der Waals surface area contributed by atoms with Gasteiger partial charge in [0.15, 0.2) is 0 Å². The van der Waals surface area contributed by atoms with Crippen molar-refractivity contribution in [3.8, 4) is 34.0 Å². The summed E-state index contributed by atoms with van der Waals surface area (Å²) >= 11 is 0. The lowest BCUT2D eigenvalue weighted by molar-refractivity contribution is -0.121. The molecule has 2 aromatic carbocycles. The first-order valence-corrected chi connectivity index (χ1v) is 9.69. The molecule has 0 aliphatic carbocycles. The minimum absolute atomic E-state index is 0.144. The fraction of sp³-hybridized carbons (Fsp3) is 0.190. The largest absolute Gasteiger partial charge is 0.497 e. The van der Waals surface area contributed by atoms with Crippen LogP contribution in [0.1, 0.15) is 5.56 Å². The molecular weight excluding hydrogens is 398 g/mol. The van der Waals surface area contributed by atoms with Crippen LogP contribution in [0.2, 0.25) is 0 Å². The molecule has 0 fully saturated rings. The third-order valence-corrected chi connectivity index (χ3v) is 5.24. The highest BCUT2D eigenvalue weighted by Gasteiger charge is 2.27. The van der Waals surface area contributed by atoms with Gasteiger partial charge in [0.25, 0.3) is 0 Å². The number of carbonyl (C=O) groups is 1. The number of tetrazole rings is 1. The Morgan fingerprint density at radius 2 is 2.16 bits per heavy atom. The van der Waals surface area contributed by atoms with Gasteiger partial charge in [0.2, 0.25) is 11.7 Å². The summed E-state index contributed by atoms with van der Waals surface area (Å²) in [4.78, 5) is 13.1. The number of hydrogen-bond donors (Lipinski definition) is 3. The number of fused-ring (bicyclic) bond motifs is 1. The Kier molecular flexibility index (Phi) is 4.79. The van der Waals surface area contributed by atoms with Crippen molar-refractivity contribution in [3.05, 3.63) is 54.4 Å². The van der Waals surface area contributed by atoms with Crippen molar-refractivity contribution in [2.24, 2.45) is 5.92 Å². The Bertz CT molecular complexity index is 1210. The summed E-state index contributed by atoms with van der Waals surface area (Å²) in [7, 11) is 1.61. The van der Waals surface area contributed by atoms with E-state index in [0.717, 1.165) is 28.2 Å². The Labute approximate surface area is 177 Å². The molecule has 1 aliphatic rings. The Balaban J connectivity index is 1.41. The Morgan fingerprint density at radius 1 is 1.23 bits per heavy atom. The van der Waals surface area contributed by atoms with E-state index >= 15 is 0 Å². The molecule has 5 rings (SSSR count). The highest BCUT2D eigenvalue weighted by Crippen LogP contribution is 2.33. The Hall–Kier alpha value is -4.21. The van der Waals surface area contributed by atoms with Crippen LogP contribution in [0.5, 0.6) is 11.5 Å². The maximum atomic E-state index is 13.1. The van der Waals surface area contributed by atoms with E-state index in [0.29, 0.717) is 30.1 Å². The van der Waals surface area contributed by atoms with E-state index in [9.17, 15) is 4.79 Å². The van der Waals surface area contributed by atoms with Crippen molar-refractivity contribution in [3.63, 3.8) is 0 Å². The summed E-state index contributed by atoms with van der Waals surface area (Å²) in [6.45, 7) is 0.301. The van der Waals surface area contributed by atoms with Gasteiger partial charge in [0.1, 0.15) is 18.1 Å². The molecule has 0 saturated heterocycles. The molecule has 10 heteroatoms. The molecule has 1 unspecified atom stereocenters. The van der Waals surface area contributed by atoms with Crippen LogP contribution >= 0.6 is 0 Å². The fourth-order valence-electron chi connectivity index (χ4n) is 3.60. The molecule has 2 aromatic heterocycles. The number of hydrogen-bond acceptors (Lipinski definition) is 7. The van der Waals surface area contributed by atoms with Crippen LogP contribution in [0.25, 0.3) is 22.5 Å². The van der Waals surface area contributed by atoms with Crippen molar-refractivity contribution >= 4 is 11.6 Å². The molecule has 3 N–H and O–H groups in total.